The summed E-state index contributed by atoms with van der Waals surface area (Å²) in [4.78, 5) is 23.8. The number of benzene rings is 1. The number of rotatable bonds is 8. The zero-order chi connectivity index (χ0) is 27.2. The second-order valence-corrected chi connectivity index (χ2v) is 12.7. The third kappa shape index (κ3) is 6.59. The second-order valence-electron chi connectivity index (χ2n) is 9.92. The number of carbonyl (C=O) groups excluding carboxylic acids is 1. The minimum Gasteiger partial charge on any atom is -0.443 e. The Morgan fingerprint density at radius 2 is 1.77 bits per heavy atom. The molecule has 208 valence electrons. The van der Waals surface area contributed by atoms with Crippen LogP contribution in [0.4, 0.5) is 10.6 Å². The molecule has 0 bridgehead atoms. The van der Waals surface area contributed by atoms with Gasteiger partial charge in [0.1, 0.15) is 12.4 Å². The van der Waals surface area contributed by atoms with Crippen molar-refractivity contribution in [3.63, 3.8) is 0 Å². The molecule has 4 heterocycles. The number of amides is 1. The van der Waals surface area contributed by atoms with Gasteiger partial charge in [-0.1, -0.05) is 24.6 Å². The molecule has 39 heavy (non-hydrogen) atoms. The fourth-order valence-corrected chi connectivity index (χ4v) is 7.57. The molecule has 2 fully saturated rings. The number of aromatic nitrogens is 2. The van der Waals surface area contributed by atoms with Crippen LogP contribution in [0.1, 0.15) is 55.6 Å². The molecule has 1 amide bonds. The Morgan fingerprint density at radius 1 is 1.03 bits per heavy atom. The summed E-state index contributed by atoms with van der Waals surface area (Å²) in [6.45, 7) is 5.51. The van der Waals surface area contributed by atoms with Crippen molar-refractivity contribution in [3.05, 3.63) is 58.5 Å². The first-order valence-electron chi connectivity index (χ1n) is 13.6. The van der Waals surface area contributed by atoms with Gasteiger partial charge in [0.25, 0.3) is 0 Å². The highest BCUT2D eigenvalue weighted by Crippen LogP contribution is 2.33. The van der Waals surface area contributed by atoms with Gasteiger partial charge in [0, 0.05) is 49.6 Å². The van der Waals surface area contributed by atoms with E-state index < -0.39 is 16.1 Å². The van der Waals surface area contributed by atoms with E-state index in [1.807, 2.05) is 42.6 Å². The molecule has 0 atom stereocenters. The molecule has 0 unspecified atom stereocenters. The monoisotopic (exact) mass is 569 g/mol. The number of pyridine rings is 1. The number of ether oxygens (including phenoxy) is 1. The van der Waals surface area contributed by atoms with Gasteiger partial charge in [0.15, 0.2) is 0 Å². The number of hydrogen-bond donors (Lipinski definition) is 1. The summed E-state index contributed by atoms with van der Waals surface area (Å²) < 4.78 is 32.8. The molecule has 2 saturated heterocycles. The van der Waals surface area contributed by atoms with Gasteiger partial charge >= 0.3 is 6.09 Å². The third-order valence-electron chi connectivity index (χ3n) is 7.25. The average Bonchev–Trinajstić information content (AvgIpc) is 3.46. The van der Waals surface area contributed by atoms with E-state index in [1.165, 1.54) is 0 Å². The zero-order valence-corrected chi connectivity index (χ0v) is 23.8. The molecule has 0 saturated carbocycles. The number of sulfonamides is 1. The van der Waals surface area contributed by atoms with Gasteiger partial charge in [-0.15, -0.1) is 11.3 Å². The van der Waals surface area contributed by atoms with E-state index in [1.54, 1.807) is 27.8 Å². The molecule has 0 spiro atoms. The van der Waals surface area contributed by atoms with E-state index in [9.17, 15) is 13.2 Å². The Balaban J connectivity index is 1.19. The van der Waals surface area contributed by atoms with Crippen molar-refractivity contribution in [1.82, 2.24) is 19.6 Å². The van der Waals surface area contributed by atoms with Gasteiger partial charge in [-0.2, -0.15) is 4.31 Å². The van der Waals surface area contributed by atoms with E-state index >= 15 is 0 Å². The molecule has 1 N–H and O–H groups in total. The predicted octanol–water partition coefficient (Wildman–Crippen LogP) is 5.01. The molecule has 2 aliphatic rings. The van der Waals surface area contributed by atoms with Gasteiger partial charge < -0.3 is 15.0 Å². The maximum Gasteiger partial charge on any atom is 0.407 e. The third-order valence-corrected chi connectivity index (χ3v) is 10.2. The van der Waals surface area contributed by atoms with Crippen LogP contribution in [0, 0.1) is 0 Å². The summed E-state index contributed by atoms with van der Waals surface area (Å²) >= 11 is 1.63. The Bertz CT molecular complexity index is 1360. The topological polar surface area (TPSA) is 105 Å². The molecule has 9 nitrogen and oxygen atoms in total. The van der Waals surface area contributed by atoms with Crippen molar-refractivity contribution in [2.45, 2.75) is 56.4 Å². The van der Waals surface area contributed by atoms with E-state index in [4.69, 9.17) is 14.7 Å². The molecule has 2 aliphatic heterocycles. The van der Waals surface area contributed by atoms with E-state index in [0.717, 1.165) is 73.0 Å². The Kier molecular flexibility index (Phi) is 8.79. The number of carbonyl (C=O) groups is 1. The fourth-order valence-electron chi connectivity index (χ4n) is 5.08. The Morgan fingerprint density at radius 3 is 2.49 bits per heavy atom. The fraction of sp³-hybridized carbons (Fsp3) is 0.464. The quantitative estimate of drug-likeness (QED) is 0.407. The van der Waals surface area contributed by atoms with Crippen LogP contribution in [-0.4, -0.2) is 61.5 Å². The number of nitrogens with one attached hydrogen (secondary N) is 1. The molecule has 2 aromatic heterocycles. The number of hydrogen-bond acceptors (Lipinski definition) is 8. The van der Waals surface area contributed by atoms with Gasteiger partial charge in [-0.05, 0) is 56.9 Å². The Labute approximate surface area is 234 Å². The van der Waals surface area contributed by atoms with Crippen LogP contribution in [0.5, 0.6) is 0 Å². The van der Waals surface area contributed by atoms with E-state index in [0.29, 0.717) is 30.4 Å². The molecule has 0 aliphatic carbocycles. The molecule has 11 heteroatoms. The van der Waals surface area contributed by atoms with Gasteiger partial charge in [0.05, 0.1) is 21.3 Å². The minimum atomic E-state index is -3.45. The number of nitrogens with zero attached hydrogens (tertiary/aromatic N) is 4. The lowest BCUT2D eigenvalue weighted by atomic mass is 9.97. The lowest BCUT2D eigenvalue weighted by Gasteiger charge is -2.32. The number of thiazole rings is 1. The predicted molar refractivity (Wildman–Crippen MR) is 152 cm³/mol. The lowest BCUT2D eigenvalue weighted by molar-refractivity contribution is 0.139. The molecule has 3 aromatic rings. The highest BCUT2D eigenvalue weighted by Gasteiger charge is 2.26. The van der Waals surface area contributed by atoms with E-state index in [-0.39, 0.29) is 6.61 Å². The first kappa shape index (κ1) is 27.5. The summed E-state index contributed by atoms with van der Waals surface area (Å²) in [7, 11) is -3.45. The summed E-state index contributed by atoms with van der Waals surface area (Å²) in [5, 5.41) is 5.67. The standard InChI is InChI=1S/C28H35N5O4S2/c1-2-29-28(34)37-19-23-20-38-27(30-23)22-13-17-32(18-14-22)26-8-6-7-25(31-26)21-9-11-24(12-10-21)39(35,36)33-15-4-3-5-16-33/h6-12,20,22H,2-5,13-19H2,1H3,(H,29,34). The number of anilines is 1. The zero-order valence-electron chi connectivity index (χ0n) is 22.2. The van der Waals surface area contributed by atoms with Crippen molar-refractivity contribution in [3.8, 4) is 11.3 Å². The molecule has 0 radical (unpaired) electrons. The van der Waals surface area contributed by atoms with Crippen LogP contribution in [0.3, 0.4) is 0 Å². The second kappa shape index (κ2) is 12.4. The normalized spacial score (nSPS) is 17.2. The van der Waals surface area contributed by atoms with Crippen LogP contribution in [-0.2, 0) is 21.4 Å². The smallest absolute Gasteiger partial charge is 0.407 e. The average molecular weight is 570 g/mol. The summed E-state index contributed by atoms with van der Waals surface area (Å²) in [5.41, 5.74) is 2.51. The summed E-state index contributed by atoms with van der Waals surface area (Å²) in [6, 6.07) is 13.1. The molecule has 5 rings (SSSR count). The van der Waals surface area contributed by atoms with Crippen LogP contribution >= 0.6 is 11.3 Å². The molecule has 1 aromatic carbocycles. The van der Waals surface area contributed by atoms with Crippen LogP contribution in [0.15, 0.2) is 52.7 Å². The van der Waals surface area contributed by atoms with Crippen molar-refractivity contribution in [2.24, 2.45) is 0 Å². The van der Waals surface area contributed by atoms with Crippen LogP contribution in [0.25, 0.3) is 11.3 Å². The molecular formula is C28H35N5O4S2. The SMILES string of the molecule is CCNC(=O)OCc1csc(C2CCN(c3cccc(-c4ccc(S(=O)(=O)N5CCCCC5)cc4)n3)CC2)n1. The van der Waals surface area contributed by atoms with Crippen molar-refractivity contribution in [2.75, 3.05) is 37.6 Å². The van der Waals surface area contributed by atoms with Crippen LogP contribution in [0.2, 0.25) is 0 Å². The summed E-state index contributed by atoms with van der Waals surface area (Å²) in [5.74, 6) is 1.30. The van der Waals surface area contributed by atoms with Crippen molar-refractivity contribution < 1.29 is 17.9 Å². The first-order valence-corrected chi connectivity index (χ1v) is 15.9. The minimum absolute atomic E-state index is 0.184. The van der Waals surface area contributed by atoms with Gasteiger partial charge in [-0.25, -0.2) is 23.2 Å². The summed E-state index contributed by atoms with van der Waals surface area (Å²) in [6.07, 6.45) is 4.45. The Hall–Kier alpha value is -3.02. The van der Waals surface area contributed by atoms with Crippen molar-refractivity contribution in [1.29, 1.82) is 0 Å². The largest absolute Gasteiger partial charge is 0.443 e. The van der Waals surface area contributed by atoms with Crippen LogP contribution < -0.4 is 10.2 Å². The van der Waals surface area contributed by atoms with Gasteiger partial charge in [0.2, 0.25) is 10.0 Å². The first-order chi connectivity index (χ1) is 18.9. The number of alkyl carbamates (subject to hydrolysis) is 1. The maximum absolute atomic E-state index is 13.0. The highest BCUT2D eigenvalue weighted by molar-refractivity contribution is 7.89. The highest BCUT2D eigenvalue weighted by atomic mass is 32.2. The van der Waals surface area contributed by atoms with Gasteiger partial charge in [-0.3, -0.25) is 0 Å². The number of piperidine rings is 2. The maximum atomic E-state index is 13.0. The van der Waals surface area contributed by atoms with E-state index in [2.05, 4.69) is 10.2 Å². The molecular weight excluding hydrogens is 534 g/mol. The van der Waals surface area contributed by atoms with Crippen molar-refractivity contribution >= 4 is 33.3 Å². The lowest BCUT2D eigenvalue weighted by Crippen LogP contribution is -2.35.